The molecule has 1 aliphatic carbocycles. The van der Waals surface area contributed by atoms with Gasteiger partial charge in [-0.3, -0.25) is 4.79 Å². The fourth-order valence-electron chi connectivity index (χ4n) is 3.37. The summed E-state index contributed by atoms with van der Waals surface area (Å²) in [5.74, 6) is -0.277. The van der Waals surface area contributed by atoms with Crippen molar-refractivity contribution < 1.29 is 22.7 Å². The molecule has 2 rings (SSSR count). The lowest BCUT2D eigenvalue weighted by atomic mass is 9.87. The van der Waals surface area contributed by atoms with Gasteiger partial charge in [-0.15, -0.1) is 0 Å². The number of carbonyl (C=O) groups is 2. The van der Waals surface area contributed by atoms with E-state index in [1.165, 1.54) is 35.6 Å². The third-order valence-electron chi connectivity index (χ3n) is 5.73. The molecule has 0 N–H and O–H groups in total. The first-order chi connectivity index (χ1) is 13.5. The first kappa shape index (κ1) is 23.3. The fourth-order valence-corrected chi connectivity index (χ4v) is 4.79. The van der Waals surface area contributed by atoms with Crippen LogP contribution in [-0.4, -0.2) is 62.3 Å². The van der Waals surface area contributed by atoms with Gasteiger partial charge in [-0.25, -0.2) is 13.2 Å². The predicted octanol–water partition coefficient (Wildman–Crippen LogP) is 2.91. The Morgan fingerprint density at radius 1 is 1.14 bits per heavy atom. The first-order valence-corrected chi connectivity index (χ1v) is 11.5. The molecule has 7 nitrogen and oxygen atoms in total. The minimum Gasteiger partial charge on any atom is -0.452 e. The van der Waals surface area contributed by atoms with Crippen molar-refractivity contribution in [1.82, 2.24) is 9.21 Å². The van der Waals surface area contributed by atoms with Gasteiger partial charge in [-0.1, -0.05) is 13.0 Å². The zero-order chi connectivity index (χ0) is 21.8. The lowest BCUT2D eigenvalue weighted by Crippen LogP contribution is -2.41. The molecule has 1 amide bonds. The van der Waals surface area contributed by atoms with Crippen molar-refractivity contribution >= 4 is 21.9 Å². The van der Waals surface area contributed by atoms with Gasteiger partial charge < -0.3 is 9.64 Å². The zero-order valence-electron chi connectivity index (χ0n) is 17.9. The Morgan fingerprint density at radius 2 is 1.76 bits per heavy atom. The van der Waals surface area contributed by atoms with Gasteiger partial charge in [-0.2, -0.15) is 4.31 Å². The Bertz CT molecular complexity index is 829. The van der Waals surface area contributed by atoms with E-state index in [0.29, 0.717) is 5.92 Å². The Kier molecular flexibility index (Phi) is 7.82. The Hall–Kier alpha value is -1.93. The number of rotatable bonds is 7. The topological polar surface area (TPSA) is 84.0 Å². The van der Waals surface area contributed by atoms with Crippen LogP contribution in [0.3, 0.4) is 0 Å². The second-order valence-electron chi connectivity index (χ2n) is 8.14. The highest BCUT2D eigenvalue weighted by Gasteiger charge is 2.26. The van der Waals surface area contributed by atoms with Gasteiger partial charge in [0.15, 0.2) is 6.61 Å². The molecule has 0 radical (unpaired) electrons. The number of amides is 1. The van der Waals surface area contributed by atoms with Crippen LogP contribution in [0.25, 0.3) is 0 Å². The molecule has 0 saturated heterocycles. The van der Waals surface area contributed by atoms with E-state index in [-0.39, 0.29) is 35.1 Å². The number of hydrogen-bond donors (Lipinski definition) is 0. The second-order valence-corrected chi connectivity index (χ2v) is 10.1. The minimum atomic E-state index is -3.71. The Labute approximate surface area is 174 Å². The lowest BCUT2D eigenvalue weighted by molar-refractivity contribution is -0.136. The standard InChI is InChI=1S/C21H32N2O5S/c1-15(2)23(5)29(26,27)19-8-6-7-17(13-19)21(25)28-14-20(24)22(4)18-11-9-16(3)10-12-18/h6-8,13,15-16,18H,9-12,14H2,1-5H3. The molecule has 1 fully saturated rings. The summed E-state index contributed by atoms with van der Waals surface area (Å²) in [7, 11) is -0.474. The lowest BCUT2D eigenvalue weighted by Gasteiger charge is -2.33. The molecule has 1 aliphatic rings. The molecule has 0 aliphatic heterocycles. The summed E-state index contributed by atoms with van der Waals surface area (Å²) >= 11 is 0. The molecule has 1 aromatic rings. The number of hydrogen-bond acceptors (Lipinski definition) is 5. The summed E-state index contributed by atoms with van der Waals surface area (Å²) in [6.45, 7) is 5.40. The van der Waals surface area contributed by atoms with Crippen LogP contribution in [0.15, 0.2) is 29.2 Å². The largest absolute Gasteiger partial charge is 0.452 e. The van der Waals surface area contributed by atoms with Gasteiger partial charge >= 0.3 is 5.97 Å². The van der Waals surface area contributed by atoms with Crippen LogP contribution in [0.5, 0.6) is 0 Å². The summed E-state index contributed by atoms with van der Waals surface area (Å²) in [4.78, 5) is 26.4. The number of nitrogens with zero attached hydrogens (tertiary/aromatic N) is 2. The van der Waals surface area contributed by atoms with Crippen molar-refractivity contribution in [3.8, 4) is 0 Å². The summed E-state index contributed by atoms with van der Waals surface area (Å²) in [5.41, 5.74) is 0.102. The van der Waals surface area contributed by atoms with Crippen LogP contribution in [0.2, 0.25) is 0 Å². The molecule has 0 bridgehead atoms. The third-order valence-corrected chi connectivity index (χ3v) is 7.76. The highest BCUT2D eigenvalue weighted by molar-refractivity contribution is 7.89. The van der Waals surface area contributed by atoms with Crippen molar-refractivity contribution in [3.05, 3.63) is 29.8 Å². The van der Waals surface area contributed by atoms with E-state index in [1.54, 1.807) is 25.8 Å². The maximum absolute atomic E-state index is 12.6. The molecule has 0 heterocycles. The minimum absolute atomic E-state index is 0.0166. The quantitative estimate of drug-likeness (QED) is 0.629. The van der Waals surface area contributed by atoms with E-state index >= 15 is 0 Å². The zero-order valence-corrected chi connectivity index (χ0v) is 18.7. The van der Waals surface area contributed by atoms with Crippen LogP contribution in [-0.2, 0) is 19.6 Å². The second kappa shape index (κ2) is 9.71. The third kappa shape index (κ3) is 5.79. The highest BCUT2D eigenvalue weighted by atomic mass is 32.2. The normalized spacial score (nSPS) is 20.0. The fraction of sp³-hybridized carbons (Fsp3) is 0.619. The van der Waals surface area contributed by atoms with E-state index in [9.17, 15) is 18.0 Å². The number of likely N-dealkylation sites (N-methyl/N-ethyl adjacent to an activating group) is 1. The Balaban J connectivity index is 2.00. The van der Waals surface area contributed by atoms with E-state index in [4.69, 9.17) is 4.74 Å². The van der Waals surface area contributed by atoms with E-state index in [1.807, 2.05) is 0 Å². The van der Waals surface area contributed by atoms with E-state index < -0.39 is 16.0 Å². The summed E-state index contributed by atoms with van der Waals surface area (Å²) in [6, 6.07) is 5.66. The SMILES string of the molecule is CC1CCC(N(C)C(=O)COC(=O)c2cccc(S(=O)(=O)N(C)C(C)C)c2)CC1. The van der Waals surface area contributed by atoms with Crippen LogP contribution >= 0.6 is 0 Å². The van der Waals surface area contributed by atoms with E-state index in [2.05, 4.69) is 6.92 Å². The molecule has 0 aromatic heterocycles. The molecule has 0 spiro atoms. The smallest absolute Gasteiger partial charge is 0.338 e. The van der Waals surface area contributed by atoms with Gasteiger partial charge in [0.1, 0.15) is 0 Å². The van der Waals surface area contributed by atoms with Crippen LogP contribution < -0.4 is 0 Å². The number of carbonyl (C=O) groups excluding carboxylic acids is 2. The maximum Gasteiger partial charge on any atom is 0.338 e. The molecule has 0 unspecified atom stereocenters. The molecule has 29 heavy (non-hydrogen) atoms. The molecule has 8 heteroatoms. The molecular formula is C21H32N2O5S. The van der Waals surface area contributed by atoms with Crippen molar-refractivity contribution in [3.63, 3.8) is 0 Å². The van der Waals surface area contributed by atoms with Crippen LogP contribution in [0, 0.1) is 5.92 Å². The van der Waals surface area contributed by atoms with Gasteiger partial charge in [0.25, 0.3) is 5.91 Å². The number of esters is 1. The highest BCUT2D eigenvalue weighted by Crippen LogP contribution is 2.26. The average molecular weight is 425 g/mol. The molecule has 162 valence electrons. The number of sulfonamides is 1. The summed E-state index contributed by atoms with van der Waals surface area (Å²) < 4.78 is 31.6. The van der Waals surface area contributed by atoms with Crippen LogP contribution in [0.4, 0.5) is 0 Å². The van der Waals surface area contributed by atoms with Crippen molar-refractivity contribution in [2.75, 3.05) is 20.7 Å². The van der Waals surface area contributed by atoms with Gasteiger partial charge in [0, 0.05) is 26.2 Å². The maximum atomic E-state index is 12.6. The number of ether oxygens (including phenoxy) is 1. The van der Waals surface area contributed by atoms with Crippen molar-refractivity contribution in [2.24, 2.45) is 5.92 Å². The molecule has 1 saturated carbocycles. The molecule has 0 atom stereocenters. The molecular weight excluding hydrogens is 392 g/mol. The average Bonchev–Trinajstić information content (AvgIpc) is 2.71. The van der Waals surface area contributed by atoms with E-state index in [0.717, 1.165) is 25.7 Å². The Morgan fingerprint density at radius 3 is 2.34 bits per heavy atom. The van der Waals surface area contributed by atoms with Crippen LogP contribution in [0.1, 0.15) is 56.8 Å². The summed E-state index contributed by atoms with van der Waals surface area (Å²) in [6.07, 6.45) is 4.10. The summed E-state index contributed by atoms with van der Waals surface area (Å²) in [5, 5.41) is 0. The first-order valence-electron chi connectivity index (χ1n) is 10.0. The van der Waals surface area contributed by atoms with Crippen molar-refractivity contribution in [2.45, 2.75) is 63.4 Å². The van der Waals surface area contributed by atoms with Gasteiger partial charge in [0.2, 0.25) is 10.0 Å². The monoisotopic (exact) mass is 424 g/mol. The van der Waals surface area contributed by atoms with Crippen molar-refractivity contribution in [1.29, 1.82) is 0 Å². The number of benzene rings is 1. The predicted molar refractivity (Wildman–Crippen MR) is 111 cm³/mol. The molecule has 1 aromatic carbocycles. The van der Waals surface area contributed by atoms with Gasteiger partial charge in [0.05, 0.1) is 10.5 Å². The van der Waals surface area contributed by atoms with Gasteiger partial charge in [-0.05, 0) is 63.6 Å².